The van der Waals surface area contributed by atoms with Crippen molar-refractivity contribution in [3.05, 3.63) is 33.8 Å². The molecule has 5 heteroatoms. The van der Waals surface area contributed by atoms with Crippen LogP contribution >= 0.6 is 11.3 Å². The van der Waals surface area contributed by atoms with Crippen LogP contribution in [0, 0.1) is 6.92 Å². The quantitative estimate of drug-likeness (QED) is 0.869. The Morgan fingerprint density at radius 1 is 1.10 bits per heavy atom. The molecule has 0 amide bonds. The third kappa shape index (κ3) is 4.17. The standard InChI is InChI=1S/C16H24N4S/c1-6-17-13-7-14(20-15(19-13)16(3,4)5)18-8-12-10-21-9-11(12)2/h7,9-10H,6,8H2,1-5H3,(H2,17,18,19,20). The first kappa shape index (κ1) is 15.8. The van der Waals surface area contributed by atoms with Gasteiger partial charge in [-0.05, 0) is 35.7 Å². The fourth-order valence-electron chi connectivity index (χ4n) is 1.90. The fourth-order valence-corrected chi connectivity index (χ4v) is 2.76. The van der Waals surface area contributed by atoms with Gasteiger partial charge in [0.05, 0.1) is 0 Å². The number of aromatic nitrogens is 2. The molecule has 0 aliphatic rings. The van der Waals surface area contributed by atoms with E-state index in [-0.39, 0.29) is 5.41 Å². The average molecular weight is 304 g/mol. The molecule has 0 aliphatic carbocycles. The first-order valence-corrected chi connectivity index (χ1v) is 8.23. The van der Waals surface area contributed by atoms with Gasteiger partial charge in [0.15, 0.2) is 0 Å². The predicted octanol–water partition coefficient (Wildman–Crippen LogP) is 4.19. The summed E-state index contributed by atoms with van der Waals surface area (Å²) >= 11 is 1.73. The first-order valence-electron chi connectivity index (χ1n) is 7.29. The van der Waals surface area contributed by atoms with Crippen LogP contribution in [0.3, 0.4) is 0 Å². The molecule has 21 heavy (non-hydrogen) atoms. The van der Waals surface area contributed by atoms with Crippen molar-refractivity contribution in [3.8, 4) is 0 Å². The zero-order valence-corrected chi connectivity index (χ0v) is 14.3. The van der Waals surface area contributed by atoms with Crippen LogP contribution in [0.1, 0.15) is 44.6 Å². The van der Waals surface area contributed by atoms with Crippen molar-refractivity contribution in [2.75, 3.05) is 17.2 Å². The molecule has 0 saturated carbocycles. The van der Waals surface area contributed by atoms with E-state index in [1.807, 2.05) is 6.07 Å². The largest absolute Gasteiger partial charge is 0.370 e. The molecule has 0 bridgehead atoms. The number of rotatable bonds is 5. The van der Waals surface area contributed by atoms with Crippen molar-refractivity contribution < 1.29 is 0 Å². The summed E-state index contributed by atoms with van der Waals surface area (Å²) < 4.78 is 0. The van der Waals surface area contributed by atoms with Crippen LogP contribution in [0.2, 0.25) is 0 Å². The minimum absolute atomic E-state index is 0.0693. The molecule has 0 aliphatic heterocycles. The number of aryl methyl sites for hydroxylation is 1. The number of hydrogen-bond acceptors (Lipinski definition) is 5. The summed E-state index contributed by atoms with van der Waals surface area (Å²) in [6.07, 6.45) is 0. The third-order valence-corrected chi connectivity index (χ3v) is 4.09. The van der Waals surface area contributed by atoms with Crippen molar-refractivity contribution in [1.82, 2.24) is 9.97 Å². The Bertz CT molecular complexity index is 599. The van der Waals surface area contributed by atoms with Crippen LogP contribution in [0.25, 0.3) is 0 Å². The molecule has 0 unspecified atom stereocenters. The summed E-state index contributed by atoms with van der Waals surface area (Å²) in [6, 6.07) is 1.97. The van der Waals surface area contributed by atoms with Gasteiger partial charge in [-0.25, -0.2) is 9.97 Å². The molecule has 0 atom stereocenters. The summed E-state index contributed by atoms with van der Waals surface area (Å²) in [4.78, 5) is 9.25. The monoisotopic (exact) mass is 304 g/mol. The highest BCUT2D eigenvalue weighted by Crippen LogP contribution is 2.23. The summed E-state index contributed by atoms with van der Waals surface area (Å²) in [5.74, 6) is 2.60. The minimum Gasteiger partial charge on any atom is -0.370 e. The maximum Gasteiger partial charge on any atom is 0.138 e. The SMILES string of the molecule is CCNc1cc(NCc2cscc2C)nc(C(C)(C)C)n1. The van der Waals surface area contributed by atoms with Gasteiger partial charge >= 0.3 is 0 Å². The van der Waals surface area contributed by atoms with Gasteiger partial charge in [0.2, 0.25) is 0 Å². The van der Waals surface area contributed by atoms with E-state index in [0.29, 0.717) is 0 Å². The number of thiophene rings is 1. The highest BCUT2D eigenvalue weighted by Gasteiger charge is 2.19. The van der Waals surface area contributed by atoms with Gasteiger partial charge in [-0.1, -0.05) is 20.8 Å². The molecule has 2 aromatic heterocycles. The first-order chi connectivity index (χ1) is 9.90. The Hall–Kier alpha value is -1.62. The van der Waals surface area contributed by atoms with Crippen molar-refractivity contribution in [1.29, 1.82) is 0 Å². The summed E-state index contributed by atoms with van der Waals surface area (Å²) in [5, 5.41) is 11.0. The van der Waals surface area contributed by atoms with Gasteiger partial charge < -0.3 is 10.6 Å². The Morgan fingerprint density at radius 2 is 1.76 bits per heavy atom. The third-order valence-electron chi connectivity index (χ3n) is 3.18. The highest BCUT2D eigenvalue weighted by molar-refractivity contribution is 7.08. The average Bonchev–Trinajstić information content (AvgIpc) is 2.81. The van der Waals surface area contributed by atoms with Crippen LogP contribution in [-0.4, -0.2) is 16.5 Å². The van der Waals surface area contributed by atoms with Crippen LogP contribution in [0.4, 0.5) is 11.6 Å². The highest BCUT2D eigenvalue weighted by atomic mass is 32.1. The Labute approximate surface area is 131 Å². The molecule has 114 valence electrons. The van der Waals surface area contributed by atoms with Gasteiger partial charge in [-0.3, -0.25) is 0 Å². The molecule has 0 aromatic carbocycles. The Balaban J connectivity index is 2.21. The van der Waals surface area contributed by atoms with Gasteiger partial charge in [0.25, 0.3) is 0 Å². The van der Waals surface area contributed by atoms with Crippen molar-refractivity contribution in [2.45, 2.75) is 46.6 Å². The second kappa shape index (κ2) is 6.43. The molecular formula is C16H24N4S. The molecule has 2 N–H and O–H groups in total. The fraction of sp³-hybridized carbons (Fsp3) is 0.500. The van der Waals surface area contributed by atoms with E-state index in [1.54, 1.807) is 11.3 Å². The van der Waals surface area contributed by atoms with E-state index in [9.17, 15) is 0 Å². The molecule has 0 saturated heterocycles. The van der Waals surface area contributed by atoms with Gasteiger partial charge in [-0.15, -0.1) is 0 Å². The molecule has 2 heterocycles. The van der Waals surface area contributed by atoms with Crippen LogP contribution < -0.4 is 10.6 Å². The number of hydrogen-bond donors (Lipinski definition) is 2. The van der Waals surface area contributed by atoms with E-state index < -0.39 is 0 Å². The smallest absolute Gasteiger partial charge is 0.138 e. The molecular weight excluding hydrogens is 280 g/mol. The van der Waals surface area contributed by atoms with Crippen LogP contribution in [0.15, 0.2) is 16.8 Å². The van der Waals surface area contributed by atoms with Gasteiger partial charge in [0, 0.05) is 24.6 Å². The van der Waals surface area contributed by atoms with Crippen molar-refractivity contribution in [2.24, 2.45) is 0 Å². The van der Waals surface area contributed by atoms with Gasteiger partial charge in [-0.2, -0.15) is 11.3 Å². The number of nitrogens with zero attached hydrogens (tertiary/aromatic N) is 2. The number of anilines is 2. The van der Waals surface area contributed by atoms with Crippen molar-refractivity contribution >= 4 is 23.0 Å². The lowest BCUT2D eigenvalue weighted by Gasteiger charge is -2.19. The Morgan fingerprint density at radius 3 is 2.29 bits per heavy atom. The van der Waals surface area contributed by atoms with Crippen LogP contribution in [0.5, 0.6) is 0 Å². The lowest BCUT2D eigenvalue weighted by Crippen LogP contribution is -2.18. The van der Waals surface area contributed by atoms with E-state index >= 15 is 0 Å². The van der Waals surface area contributed by atoms with Crippen LogP contribution in [-0.2, 0) is 12.0 Å². The second-order valence-corrected chi connectivity index (χ2v) is 6.92. The molecule has 2 aromatic rings. The lowest BCUT2D eigenvalue weighted by molar-refractivity contribution is 0.546. The second-order valence-electron chi connectivity index (χ2n) is 6.18. The maximum absolute atomic E-state index is 4.66. The maximum atomic E-state index is 4.66. The van der Waals surface area contributed by atoms with E-state index in [4.69, 9.17) is 0 Å². The zero-order chi connectivity index (χ0) is 15.5. The summed E-state index contributed by atoms with van der Waals surface area (Å²) in [6.45, 7) is 12.2. The minimum atomic E-state index is -0.0693. The van der Waals surface area contributed by atoms with E-state index in [0.717, 1.165) is 30.5 Å². The molecule has 2 rings (SSSR count). The molecule has 0 spiro atoms. The normalized spacial score (nSPS) is 11.5. The molecule has 0 fully saturated rings. The topological polar surface area (TPSA) is 49.8 Å². The van der Waals surface area contributed by atoms with Gasteiger partial charge in [0.1, 0.15) is 17.5 Å². The van der Waals surface area contributed by atoms with E-state index in [1.165, 1.54) is 11.1 Å². The summed E-state index contributed by atoms with van der Waals surface area (Å²) in [7, 11) is 0. The van der Waals surface area contributed by atoms with E-state index in [2.05, 4.69) is 66.0 Å². The molecule has 4 nitrogen and oxygen atoms in total. The lowest BCUT2D eigenvalue weighted by atomic mass is 9.96. The Kier molecular flexibility index (Phi) is 4.83. The summed E-state index contributed by atoms with van der Waals surface area (Å²) in [5.41, 5.74) is 2.57. The predicted molar refractivity (Wildman–Crippen MR) is 91.3 cm³/mol. The molecule has 0 radical (unpaired) electrons. The zero-order valence-electron chi connectivity index (χ0n) is 13.4. The van der Waals surface area contributed by atoms with Crippen molar-refractivity contribution in [3.63, 3.8) is 0 Å². The number of nitrogens with one attached hydrogen (secondary N) is 2.